The van der Waals surface area contributed by atoms with Gasteiger partial charge in [-0.2, -0.15) is 0 Å². The first-order valence-corrected chi connectivity index (χ1v) is 11.4. The van der Waals surface area contributed by atoms with Crippen molar-refractivity contribution in [2.75, 3.05) is 31.5 Å². The van der Waals surface area contributed by atoms with Gasteiger partial charge in [-0.3, -0.25) is 9.69 Å². The summed E-state index contributed by atoms with van der Waals surface area (Å²) >= 11 is 0. The molecule has 4 rings (SSSR count). The summed E-state index contributed by atoms with van der Waals surface area (Å²) in [5.74, 6) is 0.526. The number of nitrogens with one attached hydrogen (secondary N) is 2. The number of rotatable bonds is 6. The zero-order valence-corrected chi connectivity index (χ0v) is 18.0. The van der Waals surface area contributed by atoms with Gasteiger partial charge < -0.3 is 15.5 Å². The Bertz CT molecular complexity index is 844. The predicted octanol–water partition coefficient (Wildman–Crippen LogP) is 3.71. The van der Waals surface area contributed by atoms with E-state index in [4.69, 9.17) is 0 Å². The minimum atomic E-state index is -0.106. The molecule has 1 saturated carbocycles. The van der Waals surface area contributed by atoms with Gasteiger partial charge in [-0.25, -0.2) is 4.79 Å². The summed E-state index contributed by atoms with van der Waals surface area (Å²) in [5, 5.41) is 6.13. The molecule has 6 heteroatoms. The standard InChI is InChI=1S/C25H32N4O2/c30-24(26-19-20-9-3-1-4-10-20)23(21-11-7-8-12-21)28-15-17-29(18-16-28)25(31)27-22-13-5-2-6-14-22/h1-6,9-10,13-14,21,23H,7-8,11-12,15-19H2,(H,26,30)(H,27,31)/t23-/m0/s1. The minimum Gasteiger partial charge on any atom is -0.351 e. The number of carbonyl (C=O) groups excluding carboxylic acids is 2. The zero-order valence-electron chi connectivity index (χ0n) is 18.0. The number of para-hydroxylation sites is 1. The van der Waals surface area contributed by atoms with Crippen LogP contribution in [-0.4, -0.2) is 54.0 Å². The third-order valence-corrected chi connectivity index (χ3v) is 6.44. The van der Waals surface area contributed by atoms with Crippen molar-refractivity contribution in [3.8, 4) is 0 Å². The molecule has 0 spiro atoms. The predicted molar refractivity (Wildman–Crippen MR) is 123 cm³/mol. The highest BCUT2D eigenvalue weighted by Crippen LogP contribution is 2.31. The molecular weight excluding hydrogens is 388 g/mol. The summed E-state index contributed by atoms with van der Waals surface area (Å²) in [5.41, 5.74) is 1.92. The van der Waals surface area contributed by atoms with Gasteiger partial charge in [0.2, 0.25) is 5.91 Å². The van der Waals surface area contributed by atoms with Crippen molar-refractivity contribution in [2.45, 2.75) is 38.3 Å². The van der Waals surface area contributed by atoms with Gasteiger partial charge >= 0.3 is 6.03 Å². The number of hydrogen-bond donors (Lipinski definition) is 2. The molecule has 0 unspecified atom stereocenters. The van der Waals surface area contributed by atoms with E-state index in [0.29, 0.717) is 25.6 Å². The van der Waals surface area contributed by atoms with Crippen LogP contribution >= 0.6 is 0 Å². The first kappa shape index (κ1) is 21.4. The Hall–Kier alpha value is -2.86. The van der Waals surface area contributed by atoms with Gasteiger partial charge in [-0.05, 0) is 36.5 Å². The molecule has 2 aliphatic rings. The number of amides is 3. The lowest BCUT2D eigenvalue weighted by Gasteiger charge is -2.40. The molecule has 2 aromatic rings. The molecule has 0 bridgehead atoms. The van der Waals surface area contributed by atoms with E-state index in [1.807, 2.05) is 65.6 Å². The van der Waals surface area contributed by atoms with Crippen molar-refractivity contribution < 1.29 is 9.59 Å². The first-order chi connectivity index (χ1) is 15.2. The number of benzene rings is 2. The van der Waals surface area contributed by atoms with Crippen LogP contribution in [0.15, 0.2) is 60.7 Å². The molecule has 1 atom stereocenters. The third kappa shape index (κ3) is 5.64. The zero-order chi connectivity index (χ0) is 21.5. The largest absolute Gasteiger partial charge is 0.351 e. The Morgan fingerprint density at radius 1 is 0.871 bits per heavy atom. The summed E-state index contributed by atoms with van der Waals surface area (Å²) < 4.78 is 0. The molecule has 1 heterocycles. The van der Waals surface area contributed by atoms with Crippen LogP contribution in [0.3, 0.4) is 0 Å². The van der Waals surface area contributed by atoms with Crippen LogP contribution in [-0.2, 0) is 11.3 Å². The number of piperazine rings is 1. The fraction of sp³-hybridized carbons (Fsp3) is 0.440. The summed E-state index contributed by atoms with van der Waals surface area (Å²) in [6.45, 7) is 3.27. The van der Waals surface area contributed by atoms with Gasteiger partial charge in [-0.1, -0.05) is 61.4 Å². The maximum atomic E-state index is 13.2. The summed E-state index contributed by atoms with van der Waals surface area (Å²) in [4.78, 5) is 30.0. The number of carbonyl (C=O) groups is 2. The van der Waals surface area contributed by atoms with Crippen LogP contribution in [0.25, 0.3) is 0 Å². The van der Waals surface area contributed by atoms with E-state index < -0.39 is 0 Å². The maximum Gasteiger partial charge on any atom is 0.321 e. The highest BCUT2D eigenvalue weighted by molar-refractivity contribution is 5.89. The number of hydrogen-bond acceptors (Lipinski definition) is 3. The lowest BCUT2D eigenvalue weighted by Crippen LogP contribution is -2.58. The van der Waals surface area contributed by atoms with Gasteiger partial charge in [0.15, 0.2) is 0 Å². The molecule has 1 aliphatic heterocycles. The molecule has 0 radical (unpaired) electrons. The molecular formula is C25H32N4O2. The van der Waals surface area contributed by atoms with Gasteiger partial charge in [0.25, 0.3) is 0 Å². The molecule has 2 N–H and O–H groups in total. The normalized spacial score (nSPS) is 18.5. The van der Waals surface area contributed by atoms with E-state index in [1.165, 1.54) is 12.8 Å². The Morgan fingerprint density at radius 2 is 1.48 bits per heavy atom. The summed E-state index contributed by atoms with van der Waals surface area (Å²) in [6, 6.07) is 19.4. The fourth-order valence-electron chi connectivity index (χ4n) is 4.77. The number of nitrogens with zero attached hydrogens (tertiary/aromatic N) is 2. The first-order valence-electron chi connectivity index (χ1n) is 11.4. The maximum absolute atomic E-state index is 13.2. The van der Waals surface area contributed by atoms with E-state index in [9.17, 15) is 9.59 Å². The molecule has 164 valence electrons. The van der Waals surface area contributed by atoms with Crippen LogP contribution in [0, 0.1) is 5.92 Å². The van der Waals surface area contributed by atoms with Crippen molar-refractivity contribution in [2.24, 2.45) is 5.92 Å². The number of urea groups is 1. The van der Waals surface area contributed by atoms with Gasteiger partial charge in [0.05, 0.1) is 6.04 Å². The van der Waals surface area contributed by atoms with Crippen molar-refractivity contribution in [1.82, 2.24) is 15.1 Å². The molecule has 6 nitrogen and oxygen atoms in total. The second-order valence-corrected chi connectivity index (χ2v) is 8.51. The highest BCUT2D eigenvalue weighted by atomic mass is 16.2. The molecule has 31 heavy (non-hydrogen) atoms. The van der Waals surface area contributed by atoms with Crippen LogP contribution in [0.4, 0.5) is 10.5 Å². The average molecular weight is 421 g/mol. The Balaban J connectivity index is 1.34. The van der Waals surface area contributed by atoms with Crippen LogP contribution in [0.1, 0.15) is 31.2 Å². The second-order valence-electron chi connectivity index (χ2n) is 8.51. The molecule has 1 aliphatic carbocycles. The van der Waals surface area contributed by atoms with Crippen molar-refractivity contribution in [3.05, 3.63) is 66.2 Å². The van der Waals surface area contributed by atoms with Crippen LogP contribution < -0.4 is 10.6 Å². The Kier molecular flexibility index (Phi) is 7.20. The molecule has 0 aromatic heterocycles. The van der Waals surface area contributed by atoms with E-state index in [2.05, 4.69) is 15.5 Å². The highest BCUT2D eigenvalue weighted by Gasteiger charge is 2.37. The van der Waals surface area contributed by atoms with Crippen molar-refractivity contribution in [1.29, 1.82) is 0 Å². The van der Waals surface area contributed by atoms with Gasteiger partial charge in [0, 0.05) is 38.4 Å². The smallest absolute Gasteiger partial charge is 0.321 e. The van der Waals surface area contributed by atoms with E-state index in [1.54, 1.807) is 0 Å². The summed E-state index contributed by atoms with van der Waals surface area (Å²) in [7, 11) is 0. The molecule has 2 fully saturated rings. The molecule has 3 amide bonds. The van der Waals surface area contributed by atoms with Gasteiger partial charge in [-0.15, -0.1) is 0 Å². The van der Waals surface area contributed by atoms with Crippen molar-refractivity contribution in [3.63, 3.8) is 0 Å². The van der Waals surface area contributed by atoms with E-state index in [0.717, 1.165) is 37.2 Å². The fourth-order valence-corrected chi connectivity index (χ4v) is 4.77. The number of anilines is 1. The lowest BCUT2D eigenvalue weighted by molar-refractivity contribution is -0.129. The van der Waals surface area contributed by atoms with Crippen molar-refractivity contribution >= 4 is 17.6 Å². The SMILES string of the molecule is O=C(NCc1ccccc1)[C@H](C1CCCC1)N1CCN(C(=O)Nc2ccccc2)CC1. The quantitative estimate of drug-likeness (QED) is 0.749. The Morgan fingerprint density at radius 3 is 2.13 bits per heavy atom. The second kappa shape index (κ2) is 10.4. The Labute approximate surface area is 184 Å². The van der Waals surface area contributed by atoms with Crippen LogP contribution in [0.2, 0.25) is 0 Å². The minimum absolute atomic E-state index is 0.0724. The van der Waals surface area contributed by atoms with E-state index >= 15 is 0 Å². The molecule has 1 saturated heterocycles. The van der Waals surface area contributed by atoms with Gasteiger partial charge in [0.1, 0.15) is 0 Å². The topological polar surface area (TPSA) is 64.7 Å². The monoisotopic (exact) mass is 420 g/mol. The third-order valence-electron chi connectivity index (χ3n) is 6.44. The van der Waals surface area contributed by atoms with Crippen LogP contribution in [0.5, 0.6) is 0 Å². The summed E-state index contributed by atoms with van der Waals surface area (Å²) in [6.07, 6.45) is 4.62. The average Bonchev–Trinajstić information content (AvgIpc) is 3.34. The lowest BCUT2D eigenvalue weighted by atomic mass is 9.95. The molecule has 2 aromatic carbocycles. The van der Waals surface area contributed by atoms with E-state index in [-0.39, 0.29) is 18.0 Å².